The zero-order valence-corrected chi connectivity index (χ0v) is 11.0. The summed E-state index contributed by atoms with van der Waals surface area (Å²) in [4.78, 5) is 15.8. The average Bonchev–Trinajstić information content (AvgIpc) is 2.35. The molecule has 1 aliphatic heterocycles. The van der Waals surface area contributed by atoms with Crippen LogP contribution in [0.1, 0.15) is 12.0 Å². The number of nitrogens with zero attached hydrogens (tertiary/aromatic N) is 1. The second kappa shape index (κ2) is 6.13. The van der Waals surface area contributed by atoms with E-state index >= 15 is 0 Å². The number of halogens is 1. The van der Waals surface area contributed by atoms with Gasteiger partial charge in [-0.2, -0.15) is 0 Å². The van der Waals surface area contributed by atoms with Crippen LogP contribution in [0.4, 0.5) is 5.69 Å². The first kappa shape index (κ1) is 13.3. The van der Waals surface area contributed by atoms with Crippen molar-refractivity contribution in [3.05, 3.63) is 23.0 Å². The lowest BCUT2D eigenvalue weighted by Crippen LogP contribution is -2.40. The van der Waals surface area contributed by atoms with E-state index in [1.54, 1.807) is 12.3 Å². The maximum Gasteiger partial charge on any atom is 0.227 e. The van der Waals surface area contributed by atoms with Crippen LogP contribution in [0, 0.1) is 6.92 Å². The van der Waals surface area contributed by atoms with Crippen molar-refractivity contribution in [2.24, 2.45) is 0 Å². The highest BCUT2D eigenvalue weighted by atomic mass is 35.5. The van der Waals surface area contributed by atoms with Crippen LogP contribution < -0.4 is 10.6 Å². The molecular weight excluding hydrogens is 254 g/mol. The molecule has 0 radical (unpaired) electrons. The van der Waals surface area contributed by atoms with Crippen molar-refractivity contribution < 1.29 is 9.53 Å². The molecule has 18 heavy (non-hydrogen) atoms. The van der Waals surface area contributed by atoms with Gasteiger partial charge < -0.3 is 15.4 Å². The minimum absolute atomic E-state index is 0.0745. The van der Waals surface area contributed by atoms with E-state index in [9.17, 15) is 4.79 Å². The predicted octanol–water partition coefficient (Wildman–Crippen LogP) is 1.36. The number of rotatable bonds is 3. The molecule has 2 heterocycles. The van der Waals surface area contributed by atoms with E-state index in [-0.39, 0.29) is 12.0 Å². The van der Waals surface area contributed by atoms with Crippen molar-refractivity contribution in [3.8, 4) is 0 Å². The van der Waals surface area contributed by atoms with Crippen LogP contribution in [-0.2, 0) is 9.53 Å². The topological polar surface area (TPSA) is 63.2 Å². The zero-order valence-electron chi connectivity index (χ0n) is 10.2. The Bertz CT molecular complexity index is 413. The Balaban J connectivity index is 1.94. The number of carbonyl (C=O) groups is 1. The molecule has 1 unspecified atom stereocenters. The number of morpholine rings is 1. The lowest BCUT2D eigenvalue weighted by atomic mass is 10.2. The molecule has 2 rings (SSSR count). The smallest absolute Gasteiger partial charge is 0.227 e. The van der Waals surface area contributed by atoms with E-state index in [0.717, 1.165) is 12.1 Å². The molecule has 0 aliphatic carbocycles. The summed E-state index contributed by atoms with van der Waals surface area (Å²) in [6.07, 6.45) is 1.86. The van der Waals surface area contributed by atoms with Gasteiger partial charge in [0.1, 0.15) is 0 Å². The van der Waals surface area contributed by atoms with Crippen LogP contribution in [0.5, 0.6) is 0 Å². The number of amides is 1. The van der Waals surface area contributed by atoms with Gasteiger partial charge in [0.15, 0.2) is 5.15 Å². The summed E-state index contributed by atoms with van der Waals surface area (Å²) in [5.74, 6) is -0.110. The fourth-order valence-corrected chi connectivity index (χ4v) is 2.08. The molecule has 6 heteroatoms. The van der Waals surface area contributed by atoms with Crippen LogP contribution in [0.3, 0.4) is 0 Å². The SMILES string of the molecule is Cc1ccnc(Cl)c1NC(=O)CC1CNCCO1. The maximum atomic E-state index is 11.9. The molecule has 98 valence electrons. The van der Waals surface area contributed by atoms with Gasteiger partial charge in [-0.25, -0.2) is 4.98 Å². The molecule has 1 aliphatic rings. The van der Waals surface area contributed by atoms with Crippen molar-refractivity contribution in [2.75, 3.05) is 25.0 Å². The predicted molar refractivity (Wildman–Crippen MR) is 69.8 cm³/mol. The van der Waals surface area contributed by atoms with Crippen molar-refractivity contribution >= 4 is 23.2 Å². The highest BCUT2D eigenvalue weighted by Crippen LogP contribution is 2.23. The molecule has 1 fully saturated rings. The van der Waals surface area contributed by atoms with Gasteiger partial charge in [0.05, 0.1) is 24.8 Å². The Hall–Kier alpha value is -1.17. The molecule has 1 saturated heterocycles. The Morgan fingerprint density at radius 1 is 1.72 bits per heavy atom. The highest BCUT2D eigenvalue weighted by molar-refractivity contribution is 6.32. The van der Waals surface area contributed by atoms with Crippen LogP contribution in [0.2, 0.25) is 5.15 Å². The molecule has 1 aromatic rings. The van der Waals surface area contributed by atoms with E-state index in [4.69, 9.17) is 16.3 Å². The van der Waals surface area contributed by atoms with Crippen molar-refractivity contribution in [1.29, 1.82) is 0 Å². The van der Waals surface area contributed by atoms with Gasteiger partial charge in [-0.3, -0.25) is 4.79 Å². The Morgan fingerprint density at radius 3 is 3.22 bits per heavy atom. The van der Waals surface area contributed by atoms with Crippen LogP contribution in [-0.4, -0.2) is 36.7 Å². The Morgan fingerprint density at radius 2 is 2.56 bits per heavy atom. The van der Waals surface area contributed by atoms with Gasteiger partial charge in [-0.05, 0) is 18.6 Å². The molecule has 0 bridgehead atoms. The van der Waals surface area contributed by atoms with Gasteiger partial charge >= 0.3 is 0 Å². The summed E-state index contributed by atoms with van der Waals surface area (Å²) >= 11 is 5.95. The standard InChI is InChI=1S/C12H16ClN3O2/c1-8-2-3-15-12(13)11(8)16-10(17)6-9-7-14-4-5-18-9/h2-3,9,14H,4-7H2,1H3,(H,16,17). The highest BCUT2D eigenvalue weighted by Gasteiger charge is 2.18. The molecule has 0 spiro atoms. The van der Waals surface area contributed by atoms with E-state index in [1.807, 2.05) is 6.92 Å². The summed E-state index contributed by atoms with van der Waals surface area (Å²) in [6, 6.07) is 1.81. The molecule has 0 saturated carbocycles. The third-order valence-corrected chi connectivity index (χ3v) is 3.08. The molecule has 2 N–H and O–H groups in total. The summed E-state index contributed by atoms with van der Waals surface area (Å²) in [6.45, 7) is 4.06. The van der Waals surface area contributed by atoms with Gasteiger partial charge in [0.25, 0.3) is 0 Å². The lowest BCUT2D eigenvalue weighted by molar-refractivity contribution is -0.119. The Kier molecular flexibility index (Phi) is 4.52. The zero-order chi connectivity index (χ0) is 13.0. The summed E-state index contributed by atoms with van der Waals surface area (Å²) < 4.78 is 5.47. The van der Waals surface area contributed by atoms with Gasteiger partial charge in [0, 0.05) is 19.3 Å². The second-order valence-electron chi connectivity index (χ2n) is 4.24. The first-order valence-electron chi connectivity index (χ1n) is 5.90. The molecule has 5 nitrogen and oxygen atoms in total. The first-order valence-corrected chi connectivity index (χ1v) is 6.28. The molecule has 1 amide bonds. The molecule has 1 aromatic heterocycles. The van der Waals surface area contributed by atoms with E-state index in [1.165, 1.54) is 0 Å². The Labute approximate surface area is 111 Å². The monoisotopic (exact) mass is 269 g/mol. The first-order chi connectivity index (χ1) is 8.66. The van der Waals surface area contributed by atoms with Crippen LogP contribution in [0.25, 0.3) is 0 Å². The largest absolute Gasteiger partial charge is 0.375 e. The van der Waals surface area contributed by atoms with E-state index in [0.29, 0.717) is 30.4 Å². The van der Waals surface area contributed by atoms with E-state index in [2.05, 4.69) is 15.6 Å². The van der Waals surface area contributed by atoms with Crippen molar-refractivity contribution in [2.45, 2.75) is 19.4 Å². The minimum atomic E-state index is -0.110. The van der Waals surface area contributed by atoms with Gasteiger partial charge in [-0.15, -0.1) is 0 Å². The average molecular weight is 270 g/mol. The second-order valence-corrected chi connectivity index (χ2v) is 4.60. The number of hydrogen-bond donors (Lipinski definition) is 2. The van der Waals surface area contributed by atoms with E-state index < -0.39 is 0 Å². The maximum absolute atomic E-state index is 11.9. The number of carbonyl (C=O) groups excluding carboxylic acids is 1. The fourth-order valence-electron chi connectivity index (χ4n) is 1.82. The number of nitrogens with one attached hydrogen (secondary N) is 2. The normalized spacial score (nSPS) is 19.6. The third kappa shape index (κ3) is 3.41. The van der Waals surface area contributed by atoms with Crippen molar-refractivity contribution in [3.63, 3.8) is 0 Å². The number of hydrogen-bond acceptors (Lipinski definition) is 4. The van der Waals surface area contributed by atoms with Gasteiger partial charge in [0.2, 0.25) is 5.91 Å². The summed E-state index contributed by atoms with van der Waals surface area (Å²) in [5.41, 5.74) is 1.47. The number of ether oxygens (including phenoxy) is 1. The fraction of sp³-hybridized carbons (Fsp3) is 0.500. The number of aryl methyl sites for hydroxylation is 1. The third-order valence-electron chi connectivity index (χ3n) is 2.79. The number of pyridine rings is 1. The summed E-state index contributed by atoms with van der Waals surface area (Å²) in [7, 11) is 0. The molecular formula is C12H16ClN3O2. The summed E-state index contributed by atoms with van der Waals surface area (Å²) in [5, 5.41) is 6.28. The molecule has 0 aromatic carbocycles. The number of aromatic nitrogens is 1. The quantitative estimate of drug-likeness (QED) is 0.814. The minimum Gasteiger partial charge on any atom is -0.375 e. The van der Waals surface area contributed by atoms with Crippen LogP contribution in [0.15, 0.2) is 12.3 Å². The van der Waals surface area contributed by atoms with Crippen molar-refractivity contribution in [1.82, 2.24) is 10.3 Å². The lowest BCUT2D eigenvalue weighted by Gasteiger charge is -2.23. The number of anilines is 1. The molecule has 1 atom stereocenters. The van der Waals surface area contributed by atoms with Gasteiger partial charge in [-0.1, -0.05) is 11.6 Å². The van der Waals surface area contributed by atoms with Crippen LogP contribution >= 0.6 is 11.6 Å².